The molecule has 3 fully saturated rings. The first-order valence-corrected chi connectivity index (χ1v) is 16.3. The Morgan fingerprint density at radius 2 is 1.34 bits per heavy atom. The van der Waals surface area contributed by atoms with Gasteiger partial charge >= 0.3 is 0 Å². The van der Waals surface area contributed by atoms with E-state index in [1.54, 1.807) is 5.56 Å². The zero-order chi connectivity index (χ0) is 27.6. The summed E-state index contributed by atoms with van der Waals surface area (Å²) in [6, 6.07) is 35.4. The summed E-state index contributed by atoms with van der Waals surface area (Å²) in [5.74, 6) is 3.35. The van der Waals surface area contributed by atoms with Crippen molar-refractivity contribution < 1.29 is 0 Å². The third-order valence-corrected chi connectivity index (χ3v) is 11.3. The van der Waals surface area contributed by atoms with Crippen LogP contribution in [0, 0.1) is 11.8 Å². The van der Waals surface area contributed by atoms with Crippen molar-refractivity contribution in [1.29, 1.82) is 0 Å². The highest BCUT2D eigenvalue weighted by Crippen LogP contribution is 2.54. The van der Waals surface area contributed by atoms with Crippen LogP contribution in [0.5, 0.6) is 0 Å². The van der Waals surface area contributed by atoms with Crippen LogP contribution < -0.4 is 4.90 Å². The molecule has 0 aromatic heterocycles. The van der Waals surface area contributed by atoms with Gasteiger partial charge in [0.05, 0.1) is 0 Å². The molecule has 41 heavy (non-hydrogen) atoms. The van der Waals surface area contributed by atoms with Crippen molar-refractivity contribution in [1.82, 2.24) is 0 Å². The predicted molar refractivity (Wildman–Crippen MR) is 173 cm³/mol. The van der Waals surface area contributed by atoms with E-state index in [4.69, 9.17) is 0 Å². The second kappa shape index (κ2) is 9.90. The minimum atomic E-state index is -0.0107. The normalized spacial score (nSPS) is 24.3. The Bertz CT molecular complexity index is 1570. The maximum absolute atomic E-state index is 2.52. The molecule has 4 aromatic rings. The molecule has 1 nitrogen and oxygen atoms in total. The van der Waals surface area contributed by atoms with Gasteiger partial charge in [-0.25, -0.2) is 0 Å². The molecule has 0 heterocycles. The Hall–Kier alpha value is -3.32. The molecule has 3 saturated carbocycles. The van der Waals surface area contributed by atoms with E-state index in [0.717, 1.165) is 17.8 Å². The lowest BCUT2D eigenvalue weighted by atomic mass is 9.82. The van der Waals surface area contributed by atoms with Crippen molar-refractivity contribution in [3.05, 3.63) is 113 Å². The highest BCUT2D eigenvalue weighted by Gasteiger charge is 2.40. The fourth-order valence-corrected chi connectivity index (χ4v) is 9.16. The van der Waals surface area contributed by atoms with Gasteiger partial charge in [0.25, 0.3) is 0 Å². The van der Waals surface area contributed by atoms with Gasteiger partial charge in [0, 0.05) is 22.5 Å². The zero-order valence-corrected chi connectivity index (χ0v) is 24.8. The molecular weight excluding hydrogens is 494 g/mol. The molecule has 4 aliphatic rings. The number of hydrogen-bond acceptors (Lipinski definition) is 1. The lowest BCUT2D eigenvalue weighted by Crippen LogP contribution is -2.17. The van der Waals surface area contributed by atoms with E-state index in [2.05, 4.69) is 110 Å². The molecule has 1 heteroatoms. The maximum atomic E-state index is 2.52. The number of nitrogens with zero attached hydrogens (tertiary/aromatic N) is 1. The lowest BCUT2D eigenvalue weighted by Gasteiger charge is -2.30. The number of rotatable bonds is 5. The van der Waals surface area contributed by atoms with Gasteiger partial charge in [0.15, 0.2) is 0 Å². The van der Waals surface area contributed by atoms with E-state index in [0.29, 0.717) is 5.92 Å². The van der Waals surface area contributed by atoms with Gasteiger partial charge in [0.1, 0.15) is 0 Å². The van der Waals surface area contributed by atoms with Crippen LogP contribution in [-0.4, -0.2) is 0 Å². The summed E-state index contributed by atoms with van der Waals surface area (Å²) < 4.78 is 0. The van der Waals surface area contributed by atoms with Crippen molar-refractivity contribution in [2.75, 3.05) is 4.90 Å². The van der Waals surface area contributed by atoms with Crippen LogP contribution in [0.2, 0.25) is 0 Å². The molecule has 2 bridgehead atoms. The minimum absolute atomic E-state index is 0.0107. The summed E-state index contributed by atoms with van der Waals surface area (Å²) in [6.45, 7) is 4.78. The molecule has 0 saturated heterocycles. The van der Waals surface area contributed by atoms with E-state index in [1.165, 1.54) is 103 Å². The molecule has 0 spiro atoms. The third-order valence-electron chi connectivity index (χ3n) is 11.3. The Morgan fingerprint density at radius 1 is 0.585 bits per heavy atom. The van der Waals surface area contributed by atoms with E-state index < -0.39 is 0 Å². The third kappa shape index (κ3) is 4.27. The van der Waals surface area contributed by atoms with Crippen molar-refractivity contribution in [3.63, 3.8) is 0 Å². The maximum Gasteiger partial charge on any atom is 0.0465 e. The summed E-state index contributed by atoms with van der Waals surface area (Å²) in [5.41, 5.74) is 12.5. The first-order chi connectivity index (χ1) is 20.1. The second-order valence-electron chi connectivity index (χ2n) is 14.0. The first kappa shape index (κ1) is 25.4. The van der Waals surface area contributed by atoms with Gasteiger partial charge in [-0.1, -0.05) is 94.1 Å². The van der Waals surface area contributed by atoms with Crippen molar-refractivity contribution in [2.45, 2.75) is 88.9 Å². The van der Waals surface area contributed by atoms with Crippen LogP contribution in [0.1, 0.15) is 106 Å². The smallest absolute Gasteiger partial charge is 0.0465 e. The molecule has 0 radical (unpaired) electrons. The highest BCUT2D eigenvalue weighted by molar-refractivity contribution is 5.85. The van der Waals surface area contributed by atoms with Gasteiger partial charge in [0.2, 0.25) is 0 Å². The standard InChI is InChI=1S/C40H43N/c1-40(2)38-14-7-6-13-35(38)36-22-21-34(26-39(36)40)41(33-12-8-11-30(25-33)28-9-4-3-5-10-28)32-19-17-29(18-20-32)37-24-27-15-16-31(37)23-27/h6-8,11-14,17-22,25-28,31,37H,3-5,9-10,15-16,23-24H2,1-2H3. The van der Waals surface area contributed by atoms with Gasteiger partial charge in [-0.15, -0.1) is 0 Å². The van der Waals surface area contributed by atoms with E-state index in [1.807, 2.05) is 0 Å². The van der Waals surface area contributed by atoms with Crippen LogP contribution >= 0.6 is 0 Å². The molecule has 208 valence electrons. The summed E-state index contributed by atoms with van der Waals surface area (Å²) in [4.78, 5) is 2.52. The zero-order valence-electron chi connectivity index (χ0n) is 24.8. The molecule has 0 amide bonds. The minimum Gasteiger partial charge on any atom is -0.310 e. The monoisotopic (exact) mass is 537 g/mol. The molecule has 4 aromatic carbocycles. The van der Waals surface area contributed by atoms with Crippen molar-refractivity contribution in [3.8, 4) is 11.1 Å². The largest absolute Gasteiger partial charge is 0.310 e. The van der Waals surface area contributed by atoms with Crippen LogP contribution in [0.3, 0.4) is 0 Å². The molecule has 4 aliphatic carbocycles. The first-order valence-electron chi connectivity index (χ1n) is 16.3. The molecule has 8 rings (SSSR count). The highest BCUT2D eigenvalue weighted by atomic mass is 15.1. The Labute approximate surface area is 246 Å². The van der Waals surface area contributed by atoms with Gasteiger partial charge in [-0.3, -0.25) is 0 Å². The molecule has 0 aliphatic heterocycles. The van der Waals surface area contributed by atoms with Gasteiger partial charge in [-0.2, -0.15) is 0 Å². The second-order valence-corrected chi connectivity index (χ2v) is 14.0. The molecule has 3 atom stereocenters. The Balaban J connectivity index is 1.21. The van der Waals surface area contributed by atoms with Crippen molar-refractivity contribution in [2.24, 2.45) is 11.8 Å². The van der Waals surface area contributed by atoms with Crippen LogP contribution in [0.4, 0.5) is 17.1 Å². The number of anilines is 3. The van der Waals surface area contributed by atoms with Crippen molar-refractivity contribution >= 4 is 17.1 Å². The van der Waals surface area contributed by atoms with Gasteiger partial charge < -0.3 is 4.90 Å². The number of benzene rings is 4. The van der Waals surface area contributed by atoms with Crippen LogP contribution in [0.15, 0.2) is 91.0 Å². The summed E-state index contributed by atoms with van der Waals surface area (Å²) in [7, 11) is 0. The predicted octanol–water partition coefficient (Wildman–Crippen LogP) is 11.4. The number of fused-ring (bicyclic) bond motifs is 5. The molecule has 3 unspecified atom stereocenters. The Morgan fingerprint density at radius 3 is 2.12 bits per heavy atom. The lowest BCUT2D eigenvalue weighted by molar-refractivity contribution is 0.420. The SMILES string of the molecule is CC1(C)c2ccccc2-c2ccc(N(c3ccc(C4CC5CCC4C5)cc3)c3cccc(C4CCCCC4)c3)cc21. The summed E-state index contributed by atoms with van der Waals surface area (Å²) in [6.07, 6.45) is 12.5. The van der Waals surface area contributed by atoms with E-state index in [9.17, 15) is 0 Å². The fraction of sp³-hybridized carbons (Fsp3) is 0.400. The van der Waals surface area contributed by atoms with E-state index in [-0.39, 0.29) is 5.41 Å². The average Bonchev–Trinajstić information content (AvgIpc) is 3.72. The fourth-order valence-electron chi connectivity index (χ4n) is 9.16. The average molecular weight is 538 g/mol. The summed E-state index contributed by atoms with van der Waals surface area (Å²) >= 11 is 0. The number of hydrogen-bond donors (Lipinski definition) is 0. The van der Waals surface area contributed by atoms with Crippen LogP contribution in [0.25, 0.3) is 11.1 Å². The van der Waals surface area contributed by atoms with E-state index >= 15 is 0 Å². The molecular formula is C40H43N. The molecule has 0 N–H and O–H groups in total. The quantitative estimate of drug-likeness (QED) is 0.245. The Kier molecular flexibility index (Phi) is 6.13. The van der Waals surface area contributed by atoms with Crippen LogP contribution in [-0.2, 0) is 5.41 Å². The summed E-state index contributed by atoms with van der Waals surface area (Å²) in [5, 5.41) is 0. The topological polar surface area (TPSA) is 3.24 Å². The van der Waals surface area contributed by atoms with Gasteiger partial charge in [-0.05, 0) is 126 Å².